The predicted octanol–water partition coefficient (Wildman–Crippen LogP) is 2.68. The monoisotopic (exact) mass is 247 g/mol. The SMILES string of the molecule is CC(Cl)c1nnc(NC2CCCSC2)o1. The van der Waals surface area contributed by atoms with Gasteiger partial charge in [-0.2, -0.15) is 11.8 Å². The number of halogens is 1. The molecule has 4 nitrogen and oxygen atoms in total. The highest BCUT2D eigenvalue weighted by molar-refractivity contribution is 7.99. The maximum absolute atomic E-state index is 5.83. The summed E-state index contributed by atoms with van der Waals surface area (Å²) in [5.74, 6) is 2.84. The normalized spacial score (nSPS) is 23.7. The topological polar surface area (TPSA) is 51.0 Å². The first-order valence-corrected chi connectivity index (χ1v) is 6.66. The molecule has 0 bridgehead atoms. The summed E-state index contributed by atoms with van der Waals surface area (Å²) in [5, 5.41) is 10.8. The molecule has 1 aromatic rings. The molecular formula is C9H14ClN3OS. The van der Waals surface area contributed by atoms with E-state index in [0.717, 1.165) is 5.75 Å². The summed E-state index contributed by atoms with van der Waals surface area (Å²) in [4.78, 5) is 0. The van der Waals surface area contributed by atoms with Gasteiger partial charge in [0.15, 0.2) is 0 Å². The Morgan fingerprint density at radius 2 is 2.47 bits per heavy atom. The number of thioether (sulfide) groups is 1. The summed E-state index contributed by atoms with van der Waals surface area (Å²) in [6, 6.07) is 0.938. The third-order valence-corrected chi connectivity index (χ3v) is 3.67. The second kappa shape index (κ2) is 5.07. The Kier molecular flexibility index (Phi) is 3.75. The van der Waals surface area contributed by atoms with Gasteiger partial charge >= 0.3 is 6.01 Å². The van der Waals surface area contributed by atoms with E-state index in [9.17, 15) is 0 Å². The van der Waals surface area contributed by atoms with Gasteiger partial charge in [0.25, 0.3) is 0 Å². The smallest absolute Gasteiger partial charge is 0.315 e. The van der Waals surface area contributed by atoms with E-state index in [1.807, 2.05) is 18.7 Å². The molecule has 0 spiro atoms. The number of nitrogens with zero attached hydrogens (tertiary/aromatic N) is 2. The van der Waals surface area contributed by atoms with E-state index in [1.54, 1.807) is 0 Å². The van der Waals surface area contributed by atoms with Gasteiger partial charge < -0.3 is 9.73 Å². The van der Waals surface area contributed by atoms with Crippen LogP contribution in [0.1, 0.15) is 31.0 Å². The second-order valence-electron chi connectivity index (χ2n) is 3.62. The fourth-order valence-corrected chi connectivity index (χ4v) is 2.64. The fourth-order valence-electron chi connectivity index (χ4n) is 1.48. The van der Waals surface area contributed by atoms with Gasteiger partial charge in [-0.15, -0.1) is 16.7 Å². The van der Waals surface area contributed by atoms with Gasteiger partial charge in [0.05, 0.1) is 0 Å². The molecule has 6 heteroatoms. The molecule has 0 aromatic carbocycles. The van der Waals surface area contributed by atoms with E-state index in [0.29, 0.717) is 17.9 Å². The molecule has 0 amide bonds. The lowest BCUT2D eigenvalue weighted by atomic mass is 10.2. The Morgan fingerprint density at radius 3 is 3.07 bits per heavy atom. The molecule has 1 saturated heterocycles. The molecular weight excluding hydrogens is 234 g/mol. The van der Waals surface area contributed by atoms with Crippen molar-refractivity contribution in [2.75, 3.05) is 16.8 Å². The van der Waals surface area contributed by atoms with Crippen molar-refractivity contribution >= 4 is 29.4 Å². The van der Waals surface area contributed by atoms with Crippen molar-refractivity contribution in [3.05, 3.63) is 5.89 Å². The zero-order chi connectivity index (χ0) is 10.7. The van der Waals surface area contributed by atoms with Gasteiger partial charge in [-0.3, -0.25) is 0 Å². The molecule has 2 atom stereocenters. The molecule has 0 radical (unpaired) electrons. The van der Waals surface area contributed by atoms with Gasteiger partial charge in [-0.25, -0.2) is 0 Å². The van der Waals surface area contributed by atoms with Crippen molar-refractivity contribution < 1.29 is 4.42 Å². The number of alkyl halides is 1. The van der Waals surface area contributed by atoms with Crippen molar-refractivity contribution in [2.24, 2.45) is 0 Å². The van der Waals surface area contributed by atoms with E-state index in [-0.39, 0.29) is 5.38 Å². The molecule has 2 heterocycles. The molecule has 1 aliphatic heterocycles. The lowest BCUT2D eigenvalue weighted by molar-refractivity contribution is 0.498. The highest BCUT2D eigenvalue weighted by atomic mass is 35.5. The van der Waals surface area contributed by atoms with Crippen molar-refractivity contribution in [3.8, 4) is 0 Å². The minimum Gasteiger partial charge on any atom is -0.406 e. The minimum absolute atomic E-state index is 0.228. The Hall–Kier alpha value is -0.420. The number of aromatic nitrogens is 2. The maximum atomic E-state index is 5.83. The van der Waals surface area contributed by atoms with Crippen LogP contribution in [0.25, 0.3) is 0 Å². The van der Waals surface area contributed by atoms with Crippen molar-refractivity contribution in [1.29, 1.82) is 0 Å². The van der Waals surface area contributed by atoms with E-state index in [1.165, 1.54) is 18.6 Å². The standard InChI is InChI=1S/C9H14ClN3OS/c1-6(10)8-12-13-9(14-8)11-7-3-2-4-15-5-7/h6-7H,2-5H2,1H3,(H,11,13). The first kappa shape index (κ1) is 11.1. The molecule has 1 N–H and O–H groups in total. The molecule has 1 fully saturated rings. The van der Waals surface area contributed by atoms with E-state index in [4.69, 9.17) is 16.0 Å². The first-order chi connectivity index (χ1) is 7.25. The second-order valence-corrected chi connectivity index (χ2v) is 5.42. The van der Waals surface area contributed by atoms with Crippen LogP contribution in [-0.2, 0) is 0 Å². The summed E-state index contributed by atoms with van der Waals surface area (Å²) < 4.78 is 5.37. The van der Waals surface area contributed by atoms with Gasteiger partial charge in [0.1, 0.15) is 5.38 Å². The summed E-state index contributed by atoms with van der Waals surface area (Å²) in [6.07, 6.45) is 2.41. The highest BCUT2D eigenvalue weighted by Crippen LogP contribution is 2.23. The minimum atomic E-state index is -0.228. The average Bonchev–Trinajstić information content (AvgIpc) is 2.68. The van der Waals surface area contributed by atoms with E-state index in [2.05, 4.69) is 15.5 Å². The Morgan fingerprint density at radius 1 is 1.60 bits per heavy atom. The summed E-state index contributed by atoms with van der Waals surface area (Å²) >= 11 is 7.79. The lowest BCUT2D eigenvalue weighted by Crippen LogP contribution is -2.25. The van der Waals surface area contributed by atoms with Crippen LogP contribution in [-0.4, -0.2) is 27.7 Å². The lowest BCUT2D eigenvalue weighted by Gasteiger charge is -2.20. The molecule has 1 aliphatic rings. The van der Waals surface area contributed by atoms with Crippen LogP contribution in [0, 0.1) is 0 Å². The van der Waals surface area contributed by atoms with Crippen LogP contribution in [0.4, 0.5) is 6.01 Å². The molecule has 0 aliphatic carbocycles. The quantitative estimate of drug-likeness (QED) is 0.833. The number of hydrogen-bond donors (Lipinski definition) is 1. The van der Waals surface area contributed by atoms with Gasteiger partial charge in [-0.1, -0.05) is 5.10 Å². The summed E-state index contributed by atoms with van der Waals surface area (Å²) in [6.45, 7) is 1.81. The molecule has 15 heavy (non-hydrogen) atoms. The largest absolute Gasteiger partial charge is 0.406 e. The number of hydrogen-bond acceptors (Lipinski definition) is 5. The molecule has 1 aromatic heterocycles. The van der Waals surface area contributed by atoms with Crippen LogP contribution < -0.4 is 5.32 Å². The molecule has 0 saturated carbocycles. The molecule has 2 rings (SSSR count). The van der Waals surface area contributed by atoms with Crippen molar-refractivity contribution in [3.63, 3.8) is 0 Å². The number of anilines is 1. The number of nitrogens with one attached hydrogen (secondary N) is 1. The van der Waals surface area contributed by atoms with E-state index >= 15 is 0 Å². The van der Waals surface area contributed by atoms with Crippen LogP contribution in [0.3, 0.4) is 0 Å². The van der Waals surface area contributed by atoms with Crippen molar-refractivity contribution in [2.45, 2.75) is 31.2 Å². The van der Waals surface area contributed by atoms with Crippen LogP contribution in [0.15, 0.2) is 4.42 Å². The van der Waals surface area contributed by atoms with Gasteiger partial charge in [0, 0.05) is 11.8 Å². The maximum Gasteiger partial charge on any atom is 0.315 e. The Bertz CT molecular complexity index is 312. The van der Waals surface area contributed by atoms with Crippen LogP contribution in [0.2, 0.25) is 0 Å². The predicted molar refractivity (Wildman–Crippen MR) is 62.5 cm³/mol. The van der Waals surface area contributed by atoms with Crippen LogP contribution in [0.5, 0.6) is 0 Å². The Balaban J connectivity index is 1.91. The third kappa shape index (κ3) is 3.01. The summed E-state index contributed by atoms with van der Waals surface area (Å²) in [5.41, 5.74) is 0. The van der Waals surface area contributed by atoms with Crippen LogP contribution >= 0.6 is 23.4 Å². The average molecular weight is 248 g/mol. The van der Waals surface area contributed by atoms with Gasteiger partial charge in [0.2, 0.25) is 5.89 Å². The fraction of sp³-hybridized carbons (Fsp3) is 0.778. The highest BCUT2D eigenvalue weighted by Gasteiger charge is 2.17. The Labute approximate surface area is 98.2 Å². The summed E-state index contributed by atoms with van der Waals surface area (Å²) in [7, 11) is 0. The van der Waals surface area contributed by atoms with Gasteiger partial charge in [-0.05, 0) is 25.5 Å². The third-order valence-electron chi connectivity index (χ3n) is 2.27. The first-order valence-electron chi connectivity index (χ1n) is 5.07. The van der Waals surface area contributed by atoms with Crippen molar-refractivity contribution in [1.82, 2.24) is 10.2 Å². The zero-order valence-corrected chi connectivity index (χ0v) is 10.1. The molecule has 2 unspecified atom stereocenters. The molecule has 84 valence electrons. The van der Waals surface area contributed by atoms with E-state index < -0.39 is 0 Å². The zero-order valence-electron chi connectivity index (χ0n) is 8.57. The number of rotatable bonds is 3.